The maximum absolute atomic E-state index is 12.7. The number of anilines is 1. The molecule has 1 aliphatic heterocycles. The number of pyridine rings is 1. The summed E-state index contributed by atoms with van der Waals surface area (Å²) in [6.07, 6.45) is 10.9. The number of ketones is 1. The van der Waals surface area contributed by atoms with E-state index < -0.39 is 0 Å². The molecule has 2 aliphatic rings. The number of ether oxygens (including phenoxy) is 1. The van der Waals surface area contributed by atoms with Crippen LogP contribution in [-0.2, 0) is 4.74 Å². The number of nitrogens with zero attached hydrogens (tertiary/aromatic N) is 2. The molecule has 0 amide bonds. The fourth-order valence-electron chi connectivity index (χ4n) is 4.39. The normalized spacial score (nSPS) is 24.4. The molecule has 0 spiro atoms. The molecule has 0 bridgehead atoms. The SMILES string of the molecule is COC1CN(c2ncc(C)cc2C(=O)/C=C(/C)N)CCC1NC1CCCCC1. The minimum absolute atomic E-state index is 0.0773. The minimum atomic E-state index is -0.0948. The molecule has 3 rings (SSSR count). The predicted octanol–water partition coefficient (Wildman–Crippen LogP) is 2.95. The van der Waals surface area contributed by atoms with E-state index in [4.69, 9.17) is 10.5 Å². The number of methoxy groups -OCH3 is 1. The van der Waals surface area contributed by atoms with Gasteiger partial charge in [0.1, 0.15) is 5.82 Å². The van der Waals surface area contributed by atoms with Crippen LogP contribution in [0.3, 0.4) is 0 Å². The van der Waals surface area contributed by atoms with Gasteiger partial charge in [0.2, 0.25) is 0 Å². The Hall–Kier alpha value is -1.92. The van der Waals surface area contributed by atoms with Gasteiger partial charge in [-0.1, -0.05) is 19.3 Å². The number of piperidine rings is 1. The molecule has 1 aliphatic carbocycles. The van der Waals surface area contributed by atoms with E-state index in [1.807, 2.05) is 19.2 Å². The highest BCUT2D eigenvalue weighted by Crippen LogP contribution is 2.26. The van der Waals surface area contributed by atoms with E-state index in [1.54, 1.807) is 14.0 Å². The van der Waals surface area contributed by atoms with E-state index in [1.165, 1.54) is 38.2 Å². The lowest BCUT2D eigenvalue weighted by molar-refractivity contribution is 0.0533. The number of carbonyl (C=O) groups excluding carboxylic acids is 1. The first-order valence-corrected chi connectivity index (χ1v) is 10.5. The summed E-state index contributed by atoms with van der Waals surface area (Å²) in [4.78, 5) is 19.5. The number of aryl methyl sites for hydroxylation is 1. The van der Waals surface area contributed by atoms with Crippen molar-refractivity contribution in [2.45, 2.75) is 70.6 Å². The summed E-state index contributed by atoms with van der Waals surface area (Å²) in [5, 5.41) is 3.84. The standard InChI is InChI=1S/C22H34N4O2/c1-15-11-18(20(27)12-16(2)23)22(24-13-15)26-10-9-19(21(14-26)28-3)25-17-7-5-4-6-8-17/h11-13,17,19,21,25H,4-10,14,23H2,1-3H3/b16-12-. The molecule has 2 atom stereocenters. The van der Waals surface area contributed by atoms with Gasteiger partial charge in [-0.3, -0.25) is 4.79 Å². The second-order valence-corrected chi connectivity index (χ2v) is 8.25. The van der Waals surface area contributed by atoms with Gasteiger partial charge in [-0.25, -0.2) is 4.98 Å². The van der Waals surface area contributed by atoms with Gasteiger partial charge in [0.05, 0.1) is 11.7 Å². The molecule has 0 radical (unpaired) electrons. The topological polar surface area (TPSA) is 80.5 Å². The van der Waals surface area contributed by atoms with Gasteiger partial charge in [-0.15, -0.1) is 0 Å². The minimum Gasteiger partial charge on any atom is -0.402 e. The number of carbonyl (C=O) groups is 1. The van der Waals surface area contributed by atoms with Crippen LogP contribution in [0, 0.1) is 6.92 Å². The van der Waals surface area contributed by atoms with Crippen molar-refractivity contribution in [1.29, 1.82) is 0 Å². The number of nitrogens with one attached hydrogen (secondary N) is 1. The lowest BCUT2D eigenvalue weighted by Crippen LogP contribution is -2.56. The first-order chi connectivity index (χ1) is 13.5. The number of hydrogen-bond donors (Lipinski definition) is 2. The highest BCUT2D eigenvalue weighted by atomic mass is 16.5. The number of hydrogen-bond acceptors (Lipinski definition) is 6. The molecule has 3 N–H and O–H groups in total. The fraction of sp³-hybridized carbons (Fsp3) is 0.636. The Kier molecular flexibility index (Phi) is 7.08. The number of nitrogens with two attached hydrogens (primary N) is 1. The molecule has 28 heavy (non-hydrogen) atoms. The van der Waals surface area contributed by atoms with Gasteiger partial charge in [0.15, 0.2) is 5.78 Å². The third-order valence-electron chi connectivity index (χ3n) is 5.84. The molecule has 2 unspecified atom stereocenters. The van der Waals surface area contributed by atoms with Crippen LogP contribution in [0.25, 0.3) is 0 Å². The third-order valence-corrected chi connectivity index (χ3v) is 5.84. The molecule has 0 aromatic carbocycles. The summed E-state index contributed by atoms with van der Waals surface area (Å²) < 4.78 is 5.84. The van der Waals surface area contributed by atoms with E-state index in [-0.39, 0.29) is 11.9 Å². The maximum Gasteiger partial charge on any atom is 0.191 e. The molecular formula is C22H34N4O2. The van der Waals surface area contributed by atoms with Crippen molar-refractivity contribution < 1.29 is 9.53 Å². The lowest BCUT2D eigenvalue weighted by Gasteiger charge is -2.41. The van der Waals surface area contributed by atoms with Crippen molar-refractivity contribution >= 4 is 11.6 Å². The van der Waals surface area contributed by atoms with Gasteiger partial charge >= 0.3 is 0 Å². The van der Waals surface area contributed by atoms with E-state index in [0.717, 1.165) is 30.9 Å². The Morgan fingerprint density at radius 3 is 2.75 bits per heavy atom. The molecule has 1 aromatic heterocycles. The molecule has 1 saturated heterocycles. The Balaban J connectivity index is 1.75. The molecule has 2 heterocycles. The van der Waals surface area contributed by atoms with Crippen LogP contribution in [0.2, 0.25) is 0 Å². The maximum atomic E-state index is 12.7. The smallest absolute Gasteiger partial charge is 0.191 e. The van der Waals surface area contributed by atoms with Gasteiger partial charge in [0, 0.05) is 50.3 Å². The molecule has 154 valence electrons. The molecule has 1 saturated carbocycles. The molecular weight excluding hydrogens is 352 g/mol. The van der Waals surface area contributed by atoms with Crippen molar-refractivity contribution in [1.82, 2.24) is 10.3 Å². The zero-order valence-electron chi connectivity index (χ0n) is 17.4. The first-order valence-electron chi connectivity index (χ1n) is 10.5. The van der Waals surface area contributed by atoms with Crippen molar-refractivity contribution in [3.8, 4) is 0 Å². The monoisotopic (exact) mass is 386 g/mol. The summed E-state index contributed by atoms with van der Waals surface area (Å²) in [6, 6.07) is 2.86. The van der Waals surface area contributed by atoms with Crippen LogP contribution in [0.5, 0.6) is 0 Å². The van der Waals surface area contributed by atoms with E-state index in [0.29, 0.717) is 23.3 Å². The number of allylic oxidation sites excluding steroid dienone is 2. The highest BCUT2D eigenvalue weighted by molar-refractivity contribution is 6.08. The van der Waals surface area contributed by atoms with Crippen molar-refractivity contribution in [3.05, 3.63) is 35.2 Å². The average Bonchev–Trinajstić information content (AvgIpc) is 2.68. The molecule has 1 aromatic rings. The average molecular weight is 387 g/mol. The summed E-state index contributed by atoms with van der Waals surface area (Å²) in [5.41, 5.74) is 7.80. The zero-order chi connectivity index (χ0) is 20.1. The fourth-order valence-corrected chi connectivity index (χ4v) is 4.39. The van der Waals surface area contributed by atoms with Crippen LogP contribution < -0.4 is 16.0 Å². The van der Waals surface area contributed by atoms with Gasteiger partial charge in [-0.2, -0.15) is 0 Å². The van der Waals surface area contributed by atoms with Crippen LogP contribution >= 0.6 is 0 Å². The highest BCUT2D eigenvalue weighted by Gasteiger charge is 2.33. The Labute approximate surface area is 168 Å². The van der Waals surface area contributed by atoms with Crippen molar-refractivity contribution in [2.24, 2.45) is 5.73 Å². The molecule has 6 nitrogen and oxygen atoms in total. The first kappa shape index (κ1) is 20.8. The predicted molar refractivity (Wildman–Crippen MR) is 113 cm³/mol. The van der Waals surface area contributed by atoms with Gasteiger partial charge in [0.25, 0.3) is 0 Å². The summed E-state index contributed by atoms with van der Waals surface area (Å²) >= 11 is 0. The molecule has 6 heteroatoms. The van der Waals surface area contributed by atoms with Gasteiger partial charge in [-0.05, 0) is 44.7 Å². The molecule has 2 fully saturated rings. The van der Waals surface area contributed by atoms with Crippen LogP contribution in [0.1, 0.15) is 61.4 Å². The number of rotatable bonds is 6. The van der Waals surface area contributed by atoms with Crippen molar-refractivity contribution in [2.75, 3.05) is 25.1 Å². The summed E-state index contributed by atoms with van der Waals surface area (Å²) in [5.74, 6) is 0.633. The summed E-state index contributed by atoms with van der Waals surface area (Å²) in [7, 11) is 1.78. The Morgan fingerprint density at radius 1 is 1.32 bits per heavy atom. The van der Waals surface area contributed by atoms with Crippen LogP contribution in [-0.4, -0.2) is 49.2 Å². The summed E-state index contributed by atoms with van der Waals surface area (Å²) in [6.45, 7) is 5.25. The van der Waals surface area contributed by atoms with Crippen LogP contribution in [0.4, 0.5) is 5.82 Å². The van der Waals surface area contributed by atoms with E-state index in [9.17, 15) is 4.79 Å². The third kappa shape index (κ3) is 5.11. The Bertz CT molecular complexity index is 708. The van der Waals surface area contributed by atoms with Crippen LogP contribution in [0.15, 0.2) is 24.0 Å². The Morgan fingerprint density at radius 2 is 2.07 bits per heavy atom. The zero-order valence-corrected chi connectivity index (χ0v) is 17.4. The second kappa shape index (κ2) is 9.52. The van der Waals surface area contributed by atoms with Gasteiger partial charge < -0.3 is 20.7 Å². The quantitative estimate of drug-likeness (QED) is 0.578. The van der Waals surface area contributed by atoms with E-state index in [2.05, 4.69) is 15.2 Å². The lowest BCUT2D eigenvalue weighted by atomic mass is 9.92. The largest absolute Gasteiger partial charge is 0.402 e. The number of aromatic nitrogens is 1. The second-order valence-electron chi connectivity index (χ2n) is 8.25. The van der Waals surface area contributed by atoms with E-state index >= 15 is 0 Å². The van der Waals surface area contributed by atoms with Crippen molar-refractivity contribution in [3.63, 3.8) is 0 Å².